The molecule has 5 nitrogen and oxygen atoms in total. The molecule has 0 atom stereocenters. The summed E-state index contributed by atoms with van der Waals surface area (Å²) in [5.74, 6) is -3.55. The van der Waals surface area contributed by atoms with Gasteiger partial charge >= 0.3 is 0 Å². The van der Waals surface area contributed by atoms with Gasteiger partial charge in [0, 0.05) is 19.0 Å². The van der Waals surface area contributed by atoms with E-state index < -0.39 is 29.6 Å². The molecule has 1 amide bonds. The van der Waals surface area contributed by atoms with Crippen LogP contribution in [0.4, 0.5) is 14.5 Å². The van der Waals surface area contributed by atoms with E-state index in [2.05, 4.69) is 0 Å². The van der Waals surface area contributed by atoms with Crippen LogP contribution < -0.4 is 4.90 Å². The van der Waals surface area contributed by atoms with E-state index in [1.165, 1.54) is 0 Å². The third kappa shape index (κ3) is 2.54. The predicted octanol–water partition coefficient (Wildman–Crippen LogP) is 1.65. The summed E-state index contributed by atoms with van der Waals surface area (Å²) in [6.45, 7) is 1.20. The standard InChI is InChI=1S/C14H13F2NO4/c15-8-6-9-12(10(16)7-8)17(14(19)13(9)18)3-2-11-20-4-1-5-21-11/h6-7,11H,1-5H2. The molecule has 7 heteroatoms. The molecular formula is C14H13F2NO4. The number of nitrogens with zero attached hydrogens (tertiary/aromatic N) is 1. The highest BCUT2D eigenvalue weighted by Crippen LogP contribution is 2.33. The zero-order valence-electron chi connectivity index (χ0n) is 11.1. The second-order valence-corrected chi connectivity index (χ2v) is 4.88. The van der Waals surface area contributed by atoms with Crippen molar-refractivity contribution in [2.75, 3.05) is 24.7 Å². The molecule has 1 aromatic rings. The number of carbonyl (C=O) groups is 2. The average molecular weight is 297 g/mol. The van der Waals surface area contributed by atoms with Crippen LogP contribution in [-0.2, 0) is 14.3 Å². The molecule has 0 aliphatic carbocycles. The fraction of sp³-hybridized carbons (Fsp3) is 0.429. The number of rotatable bonds is 3. The molecular weight excluding hydrogens is 284 g/mol. The maximum absolute atomic E-state index is 13.9. The summed E-state index contributed by atoms with van der Waals surface area (Å²) in [5, 5.41) is 0. The molecule has 0 radical (unpaired) electrons. The predicted molar refractivity (Wildman–Crippen MR) is 68.0 cm³/mol. The van der Waals surface area contributed by atoms with E-state index in [9.17, 15) is 18.4 Å². The van der Waals surface area contributed by atoms with Crippen molar-refractivity contribution in [3.05, 3.63) is 29.3 Å². The number of ketones is 1. The lowest BCUT2D eigenvalue weighted by Gasteiger charge is -2.25. The SMILES string of the molecule is O=C1C(=O)N(CCC2OCCCO2)c2c(F)cc(F)cc21. The van der Waals surface area contributed by atoms with E-state index in [1.54, 1.807) is 0 Å². The molecule has 3 rings (SSSR count). The first-order valence-electron chi connectivity index (χ1n) is 6.66. The van der Waals surface area contributed by atoms with Crippen molar-refractivity contribution in [3.8, 4) is 0 Å². The summed E-state index contributed by atoms with van der Waals surface area (Å²) in [5.41, 5.74) is -0.398. The van der Waals surface area contributed by atoms with Gasteiger partial charge in [-0.2, -0.15) is 0 Å². The third-order valence-corrected chi connectivity index (χ3v) is 3.47. The van der Waals surface area contributed by atoms with Gasteiger partial charge < -0.3 is 14.4 Å². The van der Waals surface area contributed by atoms with Crippen LogP contribution in [0.2, 0.25) is 0 Å². The van der Waals surface area contributed by atoms with Crippen LogP contribution in [0.5, 0.6) is 0 Å². The molecule has 2 aliphatic rings. The van der Waals surface area contributed by atoms with Gasteiger partial charge in [-0.1, -0.05) is 0 Å². The quantitative estimate of drug-likeness (QED) is 0.796. The van der Waals surface area contributed by atoms with Crippen LogP contribution >= 0.6 is 0 Å². The van der Waals surface area contributed by atoms with E-state index in [1.807, 2.05) is 0 Å². The number of hydrogen-bond acceptors (Lipinski definition) is 4. The zero-order chi connectivity index (χ0) is 15.0. The van der Waals surface area contributed by atoms with E-state index >= 15 is 0 Å². The number of halogens is 2. The molecule has 0 bridgehead atoms. The largest absolute Gasteiger partial charge is 0.353 e. The Morgan fingerprint density at radius 2 is 1.90 bits per heavy atom. The highest BCUT2D eigenvalue weighted by Gasteiger charge is 2.38. The number of amides is 1. The Morgan fingerprint density at radius 3 is 2.62 bits per heavy atom. The van der Waals surface area contributed by atoms with Gasteiger partial charge in [0.2, 0.25) is 0 Å². The van der Waals surface area contributed by atoms with Crippen molar-refractivity contribution >= 4 is 17.4 Å². The molecule has 2 heterocycles. The highest BCUT2D eigenvalue weighted by atomic mass is 19.1. The summed E-state index contributed by atoms with van der Waals surface area (Å²) in [6.07, 6.45) is 0.637. The lowest BCUT2D eigenvalue weighted by Crippen LogP contribution is -2.35. The molecule has 112 valence electrons. The van der Waals surface area contributed by atoms with Crippen LogP contribution in [0.3, 0.4) is 0 Å². The van der Waals surface area contributed by atoms with Crippen LogP contribution in [0.25, 0.3) is 0 Å². The lowest BCUT2D eigenvalue weighted by molar-refractivity contribution is -0.179. The monoisotopic (exact) mass is 297 g/mol. The van der Waals surface area contributed by atoms with Gasteiger partial charge in [0.25, 0.3) is 11.7 Å². The number of carbonyl (C=O) groups excluding carboxylic acids is 2. The van der Waals surface area contributed by atoms with Gasteiger partial charge in [0.15, 0.2) is 12.1 Å². The Bertz CT molecular complexity index is 599. The number of hydrogen-bond donors (Lipinski definition) is 0. The van der Waals surface area contributed by atoms with Crippen molar-refractivity contribution in [2.24, 2.45) is 0 Å². The van der Waals surface area contributed by atoms with Crippen molar-refractivity contribution in [1.82, 2.24) is 0 Å². The minimum absolute atomic E-state index is 0.0742. The van der Waals surface area contributed by atoms with Crippen molar-refractivity contribution in [3.63, 3.8) is 0 Å². The third-order valence-electron chi connectivity index (χ3n) is 3.47. The maximum atomic E-state index is 13.9. The van der Waals surface area contributed by atoms with Crippen LogP contribution in [0.1, 0.15) is 23.2 Å². The van der Waals surface area contributed by atoms with Crippen molar-refractivity contribution < 1.29 is 27.8 Å². The Balaban J connectivity index is 1.80. The highest BCUT2D eigenvalue weighted by molar-refractivity contribution is 6.52. The fourth-order valence-corrected chi connectivity index (χ4v) is 2.50. The molecule has 0 spiro atoms. The van der Waals surface area contributed by atoms with Crippen LogP contribution in [-0.4, -0.2) is 37.7 Å². The Kier molecular flexibility index (Phi) is 3.69. The molecule has 0 saturated carbocycles. The second-order valence-electron chi connectivity index (χ2n) is 4.88. The molecule has 2 aliphatic heterocycles. The molecule has 0 N–H and O–H groups in total. The number of benzene rings is 1. The van der Waals surface area contributed by atoms with E-state index in [-0.39, 0.29) is 17.8 Å². The molecule has 21 heavy (non-hydrogen) atoms. The van der Waals surface area contributed by atoms with Gasteiger partial charge in [-0.3, -0.25) is 9.59 Å². The zero-order valence-corrected chi connectivity index (χ0v) is 11.1. The fourth-order valence-electron chi connectivity index (χ4n) is 2.50. The summed E-state index contributed by atoms with van der Waals surface area (Å²) in [7, 11) is 0. The van der Waals surface area contributed by atoms with Crippen LogP contribution in [0, 0.1) is 11.6 Å². The smallest absolute Gasteiger partial charge is 0.299 e. The Hall–Kier alpha value is -1.86. The average Bonchev–Trinajstić information content (AvgIpc) is 2.71. The first-order valence-corrected chi connectivity index (χ1v) is 6.66. The first-order chi connectivity index (χ1) is 10.1. The molecule has 0 unspecified atom stereocenters. The van der Waals surface area contributed by atoms with Gasteiger partial charge in [-0.05, 0) is 12.5 Å². The van der Waals surface area contributed by atoms with Gasteiger partial charge in [-0.15, -0.1) is 0 Å². The van der Waals surface area contributed by atoms with E-state index in [0.717, 1.165) is 17.4 Å². The lowest BCUT2D eigenvalue weighted by atomic mass is 10.1. The minimum atomic E-state index is -0.922. The molecule has 1 saturated heterocycles. The van der Waals surface area contributed by atoms with Crippen molar-refractivity contribution in [2.45, 2.75) is 19.1 Å². The minimum Gasteiger partial charge on any atom is -0.353 e. The maximum Gasteiger partial charge on any atom is 0.299 e. The topological polar surface area (TPSA) is 55.8 Å². The first kappa shape index (κ1) is 14.1. The number of Topliss-reactive ketones (excluding diaryl/α,β-unsaturated/α-hetero) is 1. The van der Waals surface area contributed by atoms with Crippen molar-refractivity contribution in [1.29, 1.82) is 0 Å². The van der Waals surface area contributed by atoms with E-state index in [4.69, 9.17) is 9.47 Å². The number of anilines is 1. The number of fused-ring (bicyclic) bond motifs is 1. The molecule has 0 aromatic heterocycles. The normalized spacial score (nSPS) is 19.2. The Labute approximate surface area is 119 Å². The summed E-state index contributed by atoms with van der Waals surface area (Å²) in [6, 6.07) is 1.54. The summed E-state index contributed by atoms with van der Waals surface area (Å²) >= 11 is 0. The van der Waals surface area contributed by atoms with Crippen LogP contribution in [0.15, 0.2) is 12.1 Å². The molecule has 1 fully saturated rings. The molecule has 1 aromatic carbocycles. The van der Waals surface area contributed by atoms with E-state index in [0.29, 0.717) is 25.7 Å². The summed E-state index contributed by atoms with van der Waals surface area (Å²) in [4.78, 5) is 24.7. The van der Waals surface area contributed by atoms with Gasteiger partial charge in [0.05, 0.1) is 24.5 Å². The summed E-state index contributed by atoms with van der Waals surface area (Å²) < 4.78 is 37.7. The van der Waals surface area contributed by atoms with Gasteiger partial charge in [-0.25, -0.2) is 8.78 Å². The number of ether oxygens (including phenoxy) is 2. The Morgan fingerprint density at radius 1 is 1.19 bits per heavy atom. The van der Waals surface area contributed by atoms with Gasteiger partial charge in [0.1, 0.15) is 5.82 Å². The second kappa shape index (κ2) is 5.50.